The van der Waals surface area contributed by atoms with Crippen LogP contribution in [-0.2, 0) is 15.1 Å². The molecule has 1 aromatic carbocycles. The third-order valence-corrected chi connectivity index (χ3v) is 4.45. The standard InChI is InChI=1S/C17H22N2O6/c1-16(2,3)25-15(22)19-12(13(20)21)8-17(23)10-6-5-9(24-4)7-11(10)18-14(17)19/h5-7,12,14,18,23H,8H2,1-4H3,(H,20,21)/t12?,14?,17-/m1/s1. The molecule has 0 saturated carbocycles. The number of carbonyl (C=O) groups excluding carboxylic acids is 1. The van der Waals surface area contributed by atoms with E-state index in [0.717, 1.165) is 4.90 Å². The molecule has 0 bridgehead atoms. The molecule has 0 radical (unpaired) electrons. The van der Waals surface area contributed by atoms with Crippen LogP contribution in [0.2, 0.25) is 0 Å². The smallest absolute Gasteiger partial charge is 0.412 e. The molecule has 2 aliphatic heterocycles. The van der Waals surface area contributed by atoms with Crippen molar-refractivity contribution in [1.82, 2.24) is 4.90 Å². The molecule has 2 aliphatic rings. The molecule has 1 saturated heterocycles. The molecule has 0 aliphatic carbocycles. The van der Waals surface area contributed by atoms with Gasteiger partial charge in [-0.15, -0.1) is 0 Å². The van der Waals surface area contributed by atoms with Gasteiger partial charge in [-0.1, -0.05) is 6.07 Å². The summed E-state index contributed by atoms with van der Waals surface area (Å²) in [7, 11) is 1.53. The van der Waals surface area contributed by atoms with Crippen molar-refractivity contribution in [3.05, 3.63) is 23.8 Å². The summed E-state index contributed by atoms with van der Waals surface area (Å²) >= 11 is 0. The van der Waals surface area contributed by atoms with E-state index in [1.54, 1.807) is 39.0 Å². The maximum atomic E-state index is 12.6. The molecule has 1 amide bonds. The lowest BCUT2D eigenvalue weighted by Gasteiger charge is -2.31. The summed E-state index contributed by atoms with van der Waals surface area (Å²) in [5, 5.41) is 23.7. The first kappa shape index (κ1) is 17.3. The molecule has 3 rings (SSSR count). The Morgan fingerprint density at radius 3 is 2.60 bits per heavy atom. The minimum atomic E-state index is -1.51. The average molecular weight is 350 g/mol. The molecule has 3 atom stereocenters. The van der Waals surface area contributed by atoms with Crippen molar-refractivity contribution in [2.24, 2.45) is 0 Å². The van der Waals surface area contributed by atoms with Crippen LogP contribution in [0.3, 0.4) is 0 Å². The Morgan fingerprint density at radius 1 is 1.36 bits per heavy atom. The fourth-order valence-corrected chi connectivity index (χ4v) is 3.41. The molecule has 1 aromatic rings. The Morgan fingerprint density at radius 2 is 2.04 bits per heavy atom. The lowest BCUT2D eigenvalue weighted by Crippen LogP contribution is -2.51. The predicted octanol–water partition coefficient (Wildman–Crippen LogP) is 1.73. The number of benzene rings is 1. The molecular formula is C17H22N2O6. The fraction of sp³-hybridized carbons (Fsp3) is 0.529. The van der Waals surface area contributed by atoms with Crippen molar-refractivity contribution in [3.8, 4) is 5.75 Å². The zero-order valence-electron chi connectivity index (χ0n) is 14.6. The van der Waals surface area contributed by atoms with Gasteiger partial charge in [0.2, 0.25) is 0 Å². The first-order valence-corrected chi connectivity index (χ1v) is 7.98. The van der Waals surface area contributed by atoms with Gasteiger partial charge in [-0.25, -0.2) is 9.59 Å². The number of carboxylic acid groups (broad SMARTS) is 1. The summed E-state index contributed by atoms with van der Waals surface area (Å²) < 4.78 is 10.5. The van der Waals surface area contributed by atoms with Crippen LogP contribution in [0.5, 0.6) is 5.75 Å². The van der Waals surface area contributed by atoms with Gasteiger partial charge in [0, 0.05) is 23.7 Å². The van der Waals surface area contributed by atoms with E-state index in [9.17, 15) is 19.8 Å². The first-order valence-electron chi connectivity index (χ1n) is 7.98. The summed E-state index contributed by atoms with van der Waals surface area (Å²) in [6.45, 7) is 5.10. The second-order valence-electron chi connectivity index (χ2n) is 7.33. The van der Waals surface area contributed by atoms with Gasteiger partial charge in [-0.2, -0.15) is 0 Å². The van der Waals surface area contributed by atoms with Crippen molar-refractivity contribution < 1.29 is 29.3 Å². The van der Waals surface area contributed by atoms with Crippen LogP contribution < -0.4 is 10.1 Å². The van der Waals surface area contributed by atoms with Crippen LogP contribution in [0.25, 0.3) is 0 Å². The third kappa shape index (κ3) is 2.76. The molecule has 136 valence electrons. The monoisotopic (exact) mass is 350 g/mol. The van der Waals surface area contributed by atoms with E-state index in [1.165, 1.54) is 7.11 Å². The quantitative estimate of drug-likeness (QED) is 0.745. The second-order valence-corrected chi connectivity index (χ2v) is 7.33. The molecule has 8 heteroatoms. The van der Waals surface area contributed by atoms with Crippen LogP contribution in [-0.4, -0.2) is 52.1 Å². The van der Waals surface area contributed by atoms with Gasteiger partial charge in [0.25, 0.3) is 0 Å². The number of carboxylic acids is 1. The number of rotatable bonds is 2. The van der Waals surface area contributed by atoms with Crippen molar-refractivity contribution in [1.29, 1.82) is 0 Å². The summed E-state index contributed by atoms with van der Waals surface area (Å²) in [5.74, 6) is -0.598. The molecule has 3 N–H and O–H groups in total. The van der Waals surface area contributed by atoms with Crippen molar-refractivity contribution >= 4 is 17.7 Å². The summed E-state index contributed by atoms with van der Waals surface area (Å²) in [6.07, 6.45) is -1.84. The largest absolute Gasteiger partial charge is 0.497 e. The number of ether oxygens (including phenoxy) is 2. The van der Waals surface area contributed by atoms with Gasteiger partial charge in [0.05, 0.1) is 7.11 Å². The van der Waals surface area contributed by atoms with E-state index >= 15 is 0 Å². The Kier molecular flexibility index (Phi) is 3.83. The highest BCUT2D eigenvalue weighted by atomic mass is 16.6. The van der Waals surface area contributed by atoms with Gasteiger partial charge >= 0.3 is 12.1 Å². The molecular weight excluding hydrogens is 328 g/mol. The highest BCUT2D eigenvalue weighted by Crippen LogP contribution is 2.50. The van der Waals surface area contributed by atoms with E-state index in [1.807, 2.05) is 0 Å². The number of aliphatic carboxylic acids is 1. The Hall–Kier alpha value is -2.48. The van der Waals surface area contributed by atoms with Gasteiger partial charge < -0.3 is 25.0 Å². The number of aliphatic hydroxyl groups is 1. The number of nitrogens with one attached hydrogen (secondary N) is 1. The van der Waals surface area contributed by atoms with Gasteiger partial charge in [-0.3, -0.25) is 4.90 Å². The normalized spacial score (nSPS) is 27.3. The molecule has 25 heavy (non-hydrogen) atoms. The number of likely N-dealkylation sites (tertiary alicyclic amines) is 1. The zero-order valence-corrected chi connectivity index (χ0v) is 14.6. The number of nitrogens with zero attached hydrogens (tertiary/aromatic N) is 1. The number of amides is 1. The van der Waals surface area contributed by atoms with E-state index in [2.05, 4.69) is 5.32 Å². The van der Waals surface area contributed by atoms with Crippen LogP contribution in [0.4, 0.5) is 10.5 Å². The van der Waals surface area contributed by atoms with Crippen LogP contribution in [0, 0.1) is 0 Å². The van der Waals surface area contributed by atoms with E-state index in [4.69, 9.17) is 9.47 Å². The maximum absolute atomic E-state index is 12.6. The lowest BCUT2D eigenvalue weighted by atomic mass is 9.91. The predicted molar refractivity (Wildman–Crippen MR) is 88.4 cm³/mol. The Labute approximate surface area is 145 Å². The van der Waals surface area contributed by atoms with Crippen molar-refractivity contribution in [2.75, 3.05) is 12.4 Å². The number of methoxy groups -OCH3 is 1. The minimum absolute atomic E-state index is 0.126. The SMILES string of the molecule is COc1ccc2c(c1)NC1N(C(=O)OC(C)(C)C)C(C(=O)O)C[C@@]21O. The van der Waals surface area contributed by atoms with E-state index < -0.39 is 35.5 Å². The average Bonchev–Trinajstić information content (AvgIpc) is 2.93. The topological polar surface area (TPSA) is 108 Å². The maximum Gasteiger partial charge on any atom is 0.412 e. The number of anilines is 1. The molecule has 0 aromatic heterocycles. The number of hydrogen-bond donors (Lipinski definition) is 3. The van der Waals surface area contributed by atoms with Crippen LogP contribution in [0.15, 0.2) is 18.2 Å². The summed E-state index contributed by atoms with van der Waals surface area (Å²) in [5.41, 5.74) is -1.16. The van der Waals surface area contributed by atoms with Crippen LogP contribution in [0.1, 0.15) is 32.8 Å². The van der Waals surface area contributed by atoms with Crippen LogP contribution >= 0.6 is 0 Å². The van der Waals surface area contributed by atoms with Gasteiger partial charge in [-0.05, 0) is 26.8 Å². The molecule has 2 unspecified atom stereocenters. The molecule has 2 heterocycles. The fourth-order valence-electron chi connectivity index (χ4n) is 3.41. The Bertz CT molecular complexity index is 728. The highest BCUT2D eigenvalue weighted by molar-refractivity contribution is 5.83. The summed E-state index contributed by atoms with van der Waals surface area (Å²) in [4.78, 5) is 25.3. The molecule has 0 spiro atoms. The molecule has 8 nitrogen and oxygen atoms in total. The number of carbonyl (C=O) groups is 2. The second kappa shape index (κ2) is 5.52. The lowest BCUT2D eigenvalue weighted by molar-refractivity contribution is -0.142. The van der Waals surface area contributed by atoms with Gasteiger partial charge in [0.1, 0.15) is 29.2 Å². The van der Waals surface area contributed by atoms with Crippen molar-refractivity contribution in [2.45, 2.75) is 50.6 Å². The van der Waals surface area contributed by atoms with Gasteiger partial charge in [0.15, 0.2) is 0 Å². The number of fused-ring (bicyclic) bond motifs is 3. The molecule has 1 fully saturated rings. The number of hydrogen-bond acceptors (Lipinski definition) is 6. The van der Waals surface area contributed by atoms with E-state index in [-0.39, 0.29) is 6.42 Å². The van der Waals surface area contributed by atoms with E-state index in [0.29, 0.717) is 17.0 Å². The first-order chi connectivity index (χ1) is 11.6. The summed E-state index contributed by atoms with van der Waals surface area (Å²) in [6, 6.07) is 3.88. The Balaban J connectivity index is 2.00. The highest BCUT2D eigenvalue weighted by Gasteiger charge is 2.61. The third-order valence-electron chi connectivity index (χ3n) is 4.45. The minimum Gasteiger partial charge on any atom is -0.497 e. The zero-order chi connectivity index (χ0) is 18.6. The van der Waals surface area contributed by atoms with Crippen molar-refractivity contribution in [3.63, 3.8) is 0 Å².